The van der Waals surface area contributed by atoms with Crippen LogP contribution >= 0.6 is 0 Å². The Morgan fingerprint density at radius 3 is 2.49 bits per heavy atom. The van der Waals surface area contributed by atoms with Gasteiger partial charge in [-0.05, 0) is 60.9 Å². The zero-order valence-corrected chi connectivity index (χ0v) is 20.5. The summed E-state index contributed by atoms with van der Waals surface area (Å²) in [5.74, 6) is 0.636. The molecular formula is C27H23F3N6O. The van der Waals surface area contributed by atoms with Crippen molar-refractivity contribution in [2.45, 2.75) is 20.0 Å². The molecule has 10 heteroatoms. The van der Waals surface area contributed by atoms with Gasteiger partial charge in [0.1, 0.15) is 5.75 Å². The van der Waals surface area contributed by atoms with Crippen LogP contribution in [-0.4, -0.2) is 34.3 Å². The zero-order valence-electron chi connectivity index (χ0n) is 20.5. The quantitative estimate of drug-likeness (QED) is 0.277. The van der Waals surface area contributed by atoms with Crippen molar-refractivity contribution in [2.75, 3.05) is 24.8 Å². The fraction of sp³-hybridized carbons (Fsp3) is 0.185. The molecule has 0 aliphatic carbocycles. The predicted molar refractivity (Wildman–Crippen MR) is 138 cm³/mol. The van der Waals surface area contributed by atoms with Crippen LogP contribution in [0.5, 0.6) is 5.75 Å². The Hall–Kier alpha value is -4.47. The average Bonchev–Trinajstić information content (AvgIpc) is 2.89. The molecule has 188 valence electrons. The number of aryl methyl sites for hydroxylation is 2. The van der Waals surface area contributed by atoms with Gasteiger partial charge in [0.25, 0.3) is 0 Å². The molecule has 2 aromatic heterocycles. The van der Waals surface area contributed by atoms with E-state index < -0.39 is 11.7 Å². The second kappa shape index (κ2) is 9.20. The number of fused-ring (bicyclic) bond motifs is 2. The highest BCUT2D eigenvalue weighted by atomic mass is 19.4. The highest BCUT2D eigenvalue weighted by Gasteiger charge is 2.34. The Labute approximate surface area is 210 Å². The summed E-state index contributed by atoms with van der Waals surface area (Å²) in [6.45, 7) is 3.87. The van der Waals surface area contributed by atoms with Crippen LogP contribution in [0.1, 0.15) is 16.8 Å². The van der Waals surface area contributed by atoms with Crippen molar-refractivity contribution >= 4 is 39.1 Å². The van der Waals surface area contributed by atoms with E-state index in [0.29, 0.717) is 17.5 Å². The van der Waals surface area contributed by atoms with Crippen LogP contribution in [0.4, 0.5) is 30.6 Å². The molecule has 0 fully saturated rings. The predicted octanol–water partition coefficient (Wildman–Crippen LogP) is 6.67. The topological polar surface area (TPSA) is 84.9 Å². The minimum absolute atomic E-state index is 0.220. The molecule has 0 spiro atoms. The van der Waals surface area contributed by atoms with Gasteiger partial charge in [-0.25, -0.2) is 9.97 Å². The van der Waals surface area contributed by atoms with E-state index in [1.807, 2.05) is 44.2 Å². The third kappa shape index (κ3) is 4.46. The maximum atomic E-state index is 13.6. The van der Waals surface area contributed by atoms with Crippen LogP contribution in [0.2, 0.25) is 0 Å². The standard InChI is InChI=1S/C27H23F3N6O/c1-14-5-8-19-24(23(14)16-6-9-21-17(11-16)13-32-26(31-3)34-21)15(2)35-36-25(19)33-18-7-10-22(37-4)20(12-18)27(28,29)30/h5-13H,1-4H3,(H,33,36)(H,31,32,34). The molecule has 2 heterocycles. The summed E-state index contributed by atoms with van der Waals surface area (Å²) >= 11 is 0. The lowest BCUT2D eigenvalue weighted by molar-refractivity contribution is -0.138. The first-order valence-electron chi connectivity index (χ1n) is 11.4. The number of hydrogen-bond acceptors (Lipinski definition) is 7. The van der Waals surface area contributed by atoms with Gasteiger partial charge < -0.3 is 15.4 Å². The summed E-state index contributed by atoms with van der Waals surface area (Å²) in [6, 6.07) is 13.6. The Balaban J connectivity index is 1.64. The molecular weight excluding hydrogens is 481 g/mol. The second-order valence-electron chi connectivity index (χ2n) is 8.57. The highest BCUT2D eigenvalue weighted by Crippen LogP contribution is 2.40. The largest absolute Gasteiger partial charge is 0.496 e. The SMILES string of the molecule is CNc1ncc2cc(-c3c(C)ccc4c(Nc5ccc(OC)c(C(F)(F)F)c5)nnc(C)c34)ccc2n1. The average molecular weight is 505 g/mol. The highest BCUT2D eigenvalue weighted by molar-refractivity contribution is 6.05. The number of nitrogens with zero attached hydrogens (tertiary/aromatic N) is 4. The maximum Gasteiger partial charge on any atom is 0.420 e. The second-order valence-corrected chi connectivity index (χ2v) is 8.57. The van der Waals surface area contributed by atoms with Gasteiger partial charge in [-0.15, -0.1) is 5.10 Å². The van der Waals surface area contributed by atoms with Crippen LogP contribution < -0.4 is 15.4 Å². The number of benzene rings is 3. The summed E-state index contributed by atoms with van der Waals surface area (Å²) in [5, 5.41) is 17.0. The molecule has 0 radical (unpaired) electrons. The molecule has 0 amide bonds. The summed E-state index contributed by atoms with van der Waals surface area (Å²) in [6.07, 6.45) is -2.80. The van der Waals surface area contributed by atoms with Gasteiger partial charge in [-0.1, -0.05) is 18.2 Å². The van der Waals surface area contributed by atoms with Crippen molar-refractivity contribution in [3.63, 3.8) is 0 Å². The van der Waals surface area contributed by atoms with Crippen LogP contribution in [0.15, 0.2) is 54.7 Å². The molecule has 5 rings (SSSR count). The monoisotopic (exact) mass is 504 g/mol. The van der Waals surface area contributed by atoms with E-state index >= 15 is 0 Å². The Morgan fingerprint density at radius 2 is 1.76 bits per heavy atom. The van der Waals surface area contributed by atoms with Crippen molar-refractivity contribution in [2.24, 2.45) is 0 Å². The normalized spacial score (nSPS) is 11.6. The van der Waals surface area contributed by atoms with Gasteiger partial charge in [0.05, 0.1) is 23.9 Å². The molecule has 3 aromatic carbocycles. The van der Waals surface area contributed by atoms with Crippen LogP contribution in [0, 0.1) is 13.8 Å². The molecule has 2 N–H and O–H groups in total. The van der Waals surface area contributed by atoms with Gasteiger partial charge in [-0.2, -0.15) is 18.3 Å². The number of alkyl halides is 3. The van der Waals surface area contributed by atoms with E-state index in [-0.39, 0.29) is 11.4 Å². The van der Waals surface area contributed by atoms with Gasteiger partial charge in [-0.3, -0.25) is 0 Å². The summed E-state index contributed by atoms with van der Waals surface area (Å²) in [4.78, 5) is 8.80. The number of halogens is 3. The molecule has 5 aromatic rings. The Kier molecular flexibility index (Phi) is 6.02. The number of anilines is 3. The third-order valence-electron chi connectivity index (χ3n) is 6.19. The Bertz CT molecular complexity index is 1650. The molecule has 0 saturated carbocycles. The number of aromatic nitrogens is 4. The van der Waals surface area contributed by atoms with Crippen molar-refractivity contribution in [1.29, 1.82) is 0 Å². The first-order chi connectivity index (χ1) is 17.7. The molecule has 7 nitrogen and oxygen atoms in total. The number of nitrogens with one attached hydrogen (secondary N) is 2. The third-order valence-corrected chi connectivity index (χ3v) is 6.19. The molecule has 0 bridgehead atoms. The Morgan fingerprint density at radius 1 is 0.946 bits per heavy atom. The van der Waals surface area contributed by atoms with Gasteiger partial charge >= 0.3 is 6.18 Å². The molecule has 0 aliphatic rings. The fourth-order valence-electron chi connectivity index (χ4n) is 4.43. The van der Waals surface area contributed by atoms with Crippen LogP contribution in [0.3, 0.4) is 0 Å². The number of ether oxygens (including phenoxy) is 1. The lowest BCUT2D eigenvalue weighted by Gasteiger charge is -2.17. The molecule has 37 heavy (non-hydrogen) atoms. The molecule has 0 unspecified atom stereocenters. The zero-order chi connectivity index (χ0) is 26.3. The lowest BCUT2D eigenvalue weighted by atomic mass is 9.93. The van der Waals surface area contributed by atoms with E-state index in [2.05, 4.69) is 30.8 Å². The van der Waals surface area contributed by atoms with Crippen molar-refractivity contribution in [3.05, 3.63) is 71.5 Å². The first-order valence-corrected chi connectivity index (χ1v) is 11.4. The number of rotatable bonds is 5. The number of hydrogen-bond donors (Lipinski definition) is 2. The smallest absolute Gasteiger partial charge is 0.420 e. The molecule has 0 atom stereocenters. The summed E-state index contributed by atoms with van der Waals surface area (Å²) in [5.41, 5.74) is 3.77. The minimum atomic E-state index is -4.57. The first kappa shape index (κ1) is 24.2. The fourth-order valence-corrected chi connectivity index (χ4v) is 4.43. The minimum Gasteiger partial charge on any atom is -0.496 e. The van der Waals surface area contributed by atoms with Crippen LogP contribution in [-0.2, 0) is 6.18 Å². The van der Waals surface area contributed by atoms with Crippen molar-refractivity contribution < 1.29 is 17.9 Å². The van der Waals surface area contributed by atoms with Gasteiger partial charge in [0.2, 0.25) is 5.95 Å². The lowest BCUT2D eigenvalue weighted by Crippen LogP contribution is -2.08. The van der Waals surface area contributed by atoms with E-state index in [9.17, 15) is 13.2 Å². The van der Waals surface area contributed by atoms with Gasteiger partial charge in [0.15, 0.2) is 5.82 Å². The van der Waals surface area contributed by atoms with E-state index in [0.717, 1.165) is 44.4 Å². The molecule has 0 saturated heterocycles. The van der Waals surface area contributed by atoms with Crippen LogP contribution in [0.25, 0.3) is 32.8 Å². The van der Waals surface area contributed by atoms with Crippen molar-refractivity contribution in [3.8, 4) is 16.9 Å². The summed E-state index contributed by atoms with van der Waals surface area (Å²) < 4.78 is 45.5. The molecule has 0 aliphatic heterocycles. The maximum absolute atomic E-state index is 13.6. The number of methoxy groups -OCH3 is 1. The van der Waals surface area contributed by atoms with E-state index in [1.165, 1.54) is 19.2 Å². The van der Waals surface area contributed by atoms with E-state index in [4.69, 9.17) is 4.74 Å². The van der Waals surface area contributed by atoms with Gasteiger partial charge in [0, 0.05) is 35.1 Å². The van der Waals surface area contributed by atoms with E-state index in [1.54, 1.807) is 13.2 Å². The summed E-state index contributed by atoms with van der Waals surface area (Å²) in [7, 11) is 2.97. The van der Waals surface area contributed by atoms with Crippen molar-refractivity contribution in [1.82, 2.24) is 20.2 Å².